The van der Waals surface area contributed by atoms with Crippen LogP contribution >= 0.6 is 0 Å². The van der Waals surface area contributed by atoms with Crippen LogP contribution in [-0.2, 0) is 4.79 Å². The standard InChI is InChI=1S/C9H12O2/c10-8-3-1-2-6-7(8)4-5-9(6)11/h2,7-8,10H,1,3-5H2. The molecule has 0 radical (unpaired) electrons. The maximum atomic E-state index is 11.2. The molecule has 0 aromatic carbocycles. The minimum atomic E-state index is -0.249. The molecule has 0 aromatic heterocycles. The van der Waals surface area contributed by atoms with Gasteiger partial charge in [0.05, 0.1) is 6.10 Å². The third-order valence-corrected chi connectivity index (χ3v) is 2.69. The quantitative estimate of drug-likeness (QED) is 0.563. The van der Waals surface area contributed by atoms with Crippen molar-refractivity contribution in [1.29, 1.82) is 0 Å². The van der Waals surface area contributed by atoms with Crippen LogP contribution in [0.15, 0.2) is 11.6 Å². The van der Waals surface area contributed by atoms with E-state index in [-0.39, 0.29) is 17.8 Å². The van der Waals surface area contributed by atoms with Crippen LogP contribution in [0.5, 0.6) is 0 Å². The summed E-state index contributed by atoms with van der Waals surface area (Å²) in [6.07, 6.45) is 4.98. The number of hydrogen-bond acceptors (Lipinski definition) is 2. The largest absolute Gasteiger partial charge is 0.392 e. The lowest BCUT2D eigenvalue weighted by Gasteiger charge is -2.22. The van der Waals surface area contributed by atoms with Gasteiger partial charge in [-0.1, -0.05) is 6.08 Å². The minimum Gasteiger partial charge on any atom is -0.392 e. The van der Waals surface area contributed by atoms with Gasteiger partial charge in [-0.25, -0.2) is 0 Å². The second-order valence-corrected chi connectivity index (χ2v) is 3.37. The zero-order valence-electron chi connectivity index (χ0n) is 6.42. The number of carbonyl (C=O) groups excluding carboxylic acids is 1. The zero-order valence-corrected chi connectivity index (χ0v) is 6.42. The highest BCUT2D eigenvalue weighted by Gasteiger charge is 2.35. The molecule has 2 unspecified atom stereocenters. The van der Waals surface area contributed by atoms with Gasteiger partial charge in [0.15, 0.2) is 5.78 Å². The van der Waals surface area contributed by atoms with Crippen LogP contribution in [0.3, 0.4) is 0 Å². The summed E-state index contributed by atoms with van der Waals surface area (Å²) in [6, 6.07) is 0. The molecule has 2 nitrogen and oxygen atoms in total. The monoisotopic (exact) mass is 152 g/mol. The molecule has 1 fully saturated rings. The highest BCUT2D eigenvalue weighted by molar-refractivity contribution is 5.98. The van der Waals surface area contributed by atoms with Crippen molar-refractivity contribution in [3.63, 3.8) is 0 Å². The van der Waals surface area contributed by atoms with Gasteiger partial charge < -0.3 is 5.11 Å². The first kappa shape index (κ1) is 7.04. The van der Waals surface area contributed by atoms with Gasteiger partial charge in [0.1, 0.15) is 0 Å². The van der Waals surface area contributed by atoms with E-state index < -0.39 is 0 Å². The molecule has 2 aliphatic rings. The summed E-state index contributed by atoms with van der Waals surface area (Å²) in [5.74, 6) is 0.435. The van der Waals surface area contributed by atoms with Gasteiger partial charge in [0.2, 0.25) is 0 Å². The van der Waals surface area contributed by atoms with Crippen LogP contribution in [0, 0.1) is 5.92 Å². The Morgan fingerprint density at radius 3 is 3.00 bits per heavy atom. The number of Topliss-reactive ketones (excluding diaryl/α,β-unsaturated/α-hetero) is 1. The summed E-state index contributed by atoms with van der Waals surface area (Å²) in [4.78, 5) is 11.2. The lowest BCUT2D eigenvalue weighted by Crippen LogP contribution is -2.23. The molecule has 11 heavy (non-hydrogen) atoms. The summed E-state index contributed by atoms with van der Waals surface area (Å²) < 4.78 is 0. The number of allylic oxidation sites excluding steroid dienone is 1. The highest BCUT2D eigenvalue weighted by Crippen LogP contribution is 2.35. The van der Waals surface area contributed by atoms with E-state index in [9.17, 15) is 9.90 Å². The fraction of sp³-hybridized carbons (Fsp3) is 0.667. The molecule has 0 aromatic rings. The smallest absolute Gasteiger partial charge is 0.158 e. The SMILES string of the molecule is O=C1CCC2C1=CCCC2O. The molecule has 0 heterocycles. The minimum absolute atomic E-state index is 0.177. The first-order valence-corrected chi connectivity index (χ1v) is 4.20. The summed E-state index contributed by atoms with van der Waals surface area (Å²) in [5.41, 5.74) is 0.906. The number of hydrogen-bond donors (Lipinski definition) is 1. The van der Waals surface area contributed by atoms with Crippen molar-refractivity contribution in [3.05, 3.63) is 11.6 Å². The van der Waals surface area contributed by atoms with E-state index in [0.717, 1.165) is 24.8 Å². The van der Waals surface area contributed by atoms with Gasteiger partial charge in [-0.2, -0.15) is 0 Å². The van der Waals surface area contributed by atoms with E-state index in [4.69, 9.17) is 0 Å². The van der Waals surface area contributed by atoms with E-state index in [1.165, 1.54) is 0 Å². The lowest BCUT2D eigenvalue weighted by atomic mass is 9.87. The van der Waals surface area contributed by atoms with Crippen molar-refractivity contribution < 1.29 is 9.90 Å². The maximum Gasteiger partial charge on any atom is 0.158 e. The van der Waals surface area contributed by atoms with Crippen molar-refractivity contribution in [1.82, 2.24) is 0 Å². The Morgan fingerprint density at radius 1 is 1.45 bits per heavy atom. The first-order chi connectivity index (χ1) is 5.29. The van der Waals surface area contributed by atoms with Crippen LogP contribution in [0.25, 0.3) is 0 Å². The summed E-state index contributed by atoms with van der Waals surface area (Å²) in [7, 11) is 0. The number of rotatable bonds is 0. The second kappa shape index (κ2) is 2.45. The van der Waals surface area contributed by atoms with Crippen molar-refractivity contribution in [3.8, 4) is 0 Å². The number of carbonyl (C=O) groups is 1. The van der Waals surface area contributed by atoms with E-state index in [1.807, 2.05) is 6.08 Å². The molecule has 2 aliphatic carbocycles. The average Bonchev–Trinajstić information content (AvgIpc) is 2.35. The van der Waals surface area contributed by atoms with Crippen molar-refractivity contribution >= 4 is 5.78 Å². The Hall–Kier alpha value is -0.630. The molecule has 0 saturated heterocycles. The van der Waals surface area contributed by atoms with Crippen LogP contribution < -0.4 is 0 Å². The first-order valence-electron chi connectivity index (χ1n) is 4.20. The van der Waals surface area contributed by atoms with E-state index in [2.05, 4.69) is 0 Å². The van der Waals surface area contributed by atoms with Crippen molar-refractivity contribution in [2.24, 2.45) is 5.92 Å². The Balaban J connectivity index is 2.28. The molecule has 2 atom stereocenters. The predicted octanol–water partition coefficient (Wildman–Crippen LogP) is 1.05. The van der Waals surface area contributed by atoms with E-state index in [0.29, 0.717) is 6.42 Å². The van der Waals surface area contributed by atoms with Gasteiger partial charge in [-0.05, 0) is 24.8 Å². The number of ketones is 1. The molecule has 0 amide bonds. The summed E-state index contributed by atoms with van der Waals surface area (Å²) in [5, 5.41) is 9.50. The van der Waals surface area contributed by atoms with Crippen LogP contribution in [0.1, 0.15) is 25.7 Å². The number of fused-ring (bicyclic) bond motifs is 1. The lowest BCUT2D eigenvalue weighted by molar-refractivity contribution is -0.114. The van der Waals surface area contributed by atoms with E-state index in [1.54, 1.807) is 0 Å². The number of aliphatic hydroxyl groups excluding tert-OH is 1. The van der Waals surface area contributed by atoms with Crippen molar-refractivity contribution in [2.75, 3.05) is 0 Å². The highest BCUT2D eigenvalue weighted by atomic mass is 16.3. The third-order valence-electron chi connectivity index (χ3n) is 2.69. The van der Waals surface area contributed by atoms with E-state index >= 15 is 0 Å². The van der Waals surface area contributed by atoms with Crippen LogP contribution in [0.2, 0.25) is 0 Å². The topological polar surface area (TPSA) is 37.3 Å². The molecule has 1 N–H and O–H groups in total. The molecular weight excluding hydrogens is 140 g/mol. The Kier molecular flexibility index (Phi) is 1.57. The third kappa shape index (κ3) is 1.02. The molecule has 0 bridgehead atoms. The summed E-state index contributed by atoms with van der Waals surface area (Å²) in [6.45, 7) is 0. The Labute approximate surface area is 65.9 Å². The van der Waals surface area contributed by atoms with Gasteiger partial charge in [0, 0.05) is 12.3 Å². The van der Waals surface area contributed by atoms with Crippen LogP contribution in [0.4, 0.5) is 0 Å². The predicted molar refractivity (Wildman–Crippen MR) is 41.1 cm³/mol. The molecular formula is C9H12O2. The molecule has 1 saturated carbocycles. The molecule has 2 rings (SSSR count). The second-order valence-electron chi connectivity index (χ2n) is 3.37. The molecule has 60 valence electrons. The normalized spacial score (nSPS) is 36.8. The number of aliphatic hydroxyl groups is 1. The summed E-state index contributed by atoms with van der Waals surface area (Å²) >= 11 is 0. The Bertz CT molecular complexity index is 218. The van der Waals surface area contributed by atoms with Crippen molar-refractivity contribution in [2.45, 2.75) is 31.8 Å². The molecule has 0 spiro atoms. The van der Waals surface area contributed by atoms with Gasteiger partial charge in [-0.3, -0.25) is 4.79 Å². The molecule has 0 aliphatic heterocycles. The maximum absolute atomic E-state index is 11.2. The van der Waals surface area contributed by atoms with Gasteiger partial charge in [0.25, 0.3) is 0 Å². The van der Waals surface area contributed by atoms with Gasteiger partial charge in [-0.15, -0.1) is 0 Å². The fourth-order valence-corrected chi connectivity index (χ4v) is 2.07. The fourth-order valence-electron chi connectivity index (χ4n) is 2.07. The average molecular weight is 152 g/mol. The Morgan fingerprint density at radius 2 is 2.27 bits per heavy atom. The van der Waals surface area contributed by atoms with Crippen LogP contribution in [-0.4, -0.2) is 17.0 Å². The van der Waals surface area contributed by atoms with Gasteiger partial charge >= 0.3 is 0 Å². The molecule has 2 heteroatoms. The zero-order chi connectivity index (χ0) is 7.84.